The van der Waals surface area contributed by atoms with Gasteiger partial charge < -0.3 is 10.5 Å². The molecular weight excluding hydrogens is 246 g/mol. The Morgan fingerprint density at radius 2 is 1.80 bits per heavy atom. The molecule has 2 N–H and O–H groups in total. The van der Waals surface area contributed by atoms with Crippen LogP contribution in [-0.4, -0.2) is 13.2 Å². The van der Waals surface area contributed by atoms with Gasteiger partial charge in [0, 0.05) is 0 Å². The lowest BCUT2D eigenvalue weighted by Gasteiger charge is -2.21. The van der Waals surface area contributed by atoms with Crippen molar-refractivity contribution in [3.63, 3.8) is 0 Å². The van der Waals surface area contributed by atoms with Crippen LogP contribution < -0.4 is 10.5 Å². The lowest BCUT2D eigenvalue weighted by molar-refractivity contribution is 0.315. The Labute approximate surface area is 124 Å². The summed E-state index contributed by atoms with van der Waals surface area (Å²) < 4.78 is 5.82. The van der Waals surface area contributed by atoms with Crippen LogP contribution in [0.15, 0.2) is 12.1 Å². The van der Waals surface area contributed by atoms with Crippen molar-refractivity contribution in [2.75, 3.05) is 13.2 Å². The molecule has 0 heterocycles. The van der Waals surface area contributed by atoms with Crippen molar-refractivity contribution in [2.45, 2.75) is 65.7 Å². The number of nitrogens with two attached hydrogens (primary N) is 1. The second-order valence-electron chi connectivity index (χ2n) is 5.74. The van der Waals surface area contributed by atoms with Gasteiger partial charge in [-0.1, -0.05) is 26.3 Å². The molecule has 2 heteroatoms. The highest BCUT2D eigenvalue weighted by atomic mass is 16.5. The largest absolute Gasteiger partial charge is 0.493 e. The Hall–Kier alpha value is -1.02. The van der Waals surface area contributed by atoms with E-state index in [0.29, 0.717) is 5.92 Å². The topological polar surface area (TPSA) is 35.2 Å². The van der Waals surface area contributed by atoms with E-state index in [1.165, 1.54) is 36.0 Å². The smallest absolute Gasteiger partial charge is 0.122 e. The van der Waals surface area contributed by atoms with E-state index in [1.807, 2.05) is 0 Å². The van der Waals surface area contributed by atoms with Crippen molar-refractivity contribution >= 4 is 0 Å². The van der Waals surface area contributed by atoms with Crippen LogP contribution in [0.1, 0.15) is 68.6 Å². The van der Waals surface area contributed by atoms with E-state index in [-0.39, 0.29) is 0 Å². The van der Waals surface area contributed by atoms with Gasteiger partial charge in [-0.3, -0.25) is 0 Å². The minimum Gasteiger partial charge on any atom is -0.493 e. The second-order valence-corrected chi connectivity index (χ2v) is 5.74. The van der Waals surface area contributed by atoms with Crippen LogP contribution in [0.3, 0.4) is 0 Å². The summed E-state index contributed by atoms with van der Waals surface area (Å²) in [6, 6.07) is 4.54. The highest BCUT2D eigenvalue weighted by Gasteiger charge is 2.15. The summed E-state index contributed by atoms with van der Waals surface area (Å²) in [6.45, 7) is 10.3. The second kappa shape index (κ2) is 9.02. The average molecular weight is 277 g/mol. The van der Waals surface area contributed by atoms with Crippen molar-refractivity contribution in [3.8, 4) is 5.75 Å². The van der Waals surface area contributed by atoms with Crippen LogP contribution in [0.5, 0.6) is 5.75 Å². The molecule has 0 fully saturated rings. The molecule has 114 valence electrons. The van der Waals surface area contributed by atoms with Crippen LogP contribution in [0, 0.1) is 13.8 Å². The van der Waals surface area contributed by atoms with E-state index >= 15 is 0 Å². The van der Waals surface area contributed by atoms with E-state index in [4.69, 9.17) is 10.5 Å². The van der Waals surface area contributed by atoms with E-state index in [2.05, 4.69) is 39.8 Å². The monoisotopic (exact) mass is 277 g/mol. The van der Waals surface area contributed by atoms with Crippen LogP contribution in [-0.2, 0) is 0 Å². The molecule has 0 spiro atoms. The summed E-state index contributed by atoms with van der Waals surface area (Å²) in [5, 5.41) is 0. The van der Waals surface area contributed by atoms with Gasteiger partial charge in [0.25, 0.3) is 0 Å². The third-order valence-corrected chi connectivity index (χ3v) is 3.86. The van der Waals surface area contributed by atoms with Crippen LogP contribution in [0.2, 0.25) is 0 Å². The molecule has 0 saturated heterocycles. The first kappa shape index (κ1) is 17.0. The average Bonchev–Trinajstić information content (AvgIpc) is 2.44. The highest BCUT2D eigenvalue weighted by Crippen LogP contribution is 2.33. The Morgan fingerprint density at radius 3 is 2.40 bits per heavy atom. The number of ether oxygens (including phenoxy) is 1. The maximum absolute atomic E-state index is 5.82. The first-order valence-electron chi connectivity index (χ1n) is 8.08. The number of hydrogen-bond donors (Lipinski definition) is 1. The fourth-order valence-electron chi connectivity index (χ4n) is 2.79. The third-order valence-electron chi connectivity index (χ3n) is 3.86. The molecule has 1 aromatic rings. The normalized spacial score (nSPS) is 12.4. The number of hydrogen-bond acceptors (Lipinski definition) is 2. The first-order chi connectivity index (χ1) is 9.63. The highest BCUT2D eigenvalue weighted by molar-refractivity contribution is 5.43. The van der Waals surface area contributed by atoms with Crippen LogP contribution >= 0.6 is 0 Å². The summed E-state index contributed by atoms with van der Waals surface area (Å²) in [6.07, 6.45) is 5.82. The lowest BCUT2D eigenvalue weighted by atomic mass is 9.86. The summed E-state index contributed by atoms with van der Waals surface area (Å²) in [5.74, 6) is 1.68. The van der Waals surface area contributed by atoms with Gasteiger partial charge in [0.05, 0.1) is 6.61 Å². The van der Waals surface area contributed by atoms with Gasteiger partial charge in [-0.05, 0) is 74.8 Å². The Morgan fingerprint density at radius 1 is 1.05 bits per heavy atom. The number of benzene rings is 1. The van der Waals surface area contributed by atoms with Crippen LogP contribution in [0.4, 0.5) is 0 Å². The summed E-state index contributed by atoms with van der Waals surface area (Å²) in [5.41, 5.74) is 9.78. The zero-order valence-corrected chi connectivity index (χ0v) is 13.7. The van der Waals surface area contributed by atoms with E-state index in [0.717, 1.165) is 31.7 Å². The van der Waals surface area contributed by atoms with Crippen LogP contribution in [0.25, 0.3) is 0 Å². The fourth-order valence-corrected chi connectivity index (χ4v) is 2.79. The van der Waals surface area contributed by atoms with E-state index in [9.17, 15) is 0 Å². The molecule has 0 aliphatic heterocycles. The summed E-state index contributed by atoms with van der Waals surface area (Å²) in [7, 11) is 0. The Bertz CT molecular complexity index is 401. The van der Waals surface area contributed by atoms with E-state index < -0.39 is 0 Å². The molecule has 2 nitrogen and oxygen atoms in total. The molecule has 0 saturated carbocycles. The van der Waals surface area contributed by atoms with Gasteiger partial charge in [0.2, 0.25) is 0 Å². The van der Waals surface area contributed by atoms with Gasteiger partial charge in [0.15, 0.2) is 0 Å². The maximum atomic E-state index is 5.82. The molecule has 1 aromatic carbocycles. The van der Waals surface area contributed by atoms with Crippen molar-refractivity contribution in [1.82, 2.24) is 0 Å². The zero-order valence-electron chi connectivity index (χ0n) is 13.7. The van der Waals surface area contributed by atoms with Gasteiger partial charge in [-0.2, -0.15) is 0 Å². The lowest BCUT2D eigenvalue weighted by Crippen LogP contribution is -2.07. The molecule has 20 heavy (non-hydrogen) atoms. The molecule has 0 radical (unpaired) electrons. The minimum absolute atomic E-state index is 0.641. The summed E-state index contributed by atoms with van der Waals surface area (Å²) >= 11 is 0. The third kappa shape index (κ3) is 4.82. The van der Waals surface area contributed by atoms with E-state index in [1.54, 1.807) is 0 Å². The van der Waals surface area contributed by atoms with Gasteiger partial charge in [-0.25, -0.2) is 0 Å². The predicted molar refractivity (Wildman–Crippen MR) is 87.6 cm³/mol. The Balaban J connectivity index is 2.94. The van der Waals surface area contributed by atoms with Crippen molar-refractivity contribution in [2.24, 2.45) is 5.73 Å². The molecule has 0 aliphatic carbocycles. The molecule has 0 aliphatic rings. The molecule has 1 rings (SSSR count). The van der Waals surface area contributed by atoms with Gasteiger partial charge in [0.1, 0.15) is 5.75 Å². The van der Waals surface area contributed by atoms with Crippen molar-refractivity contribution < 1.29 is 4.74 Å². The molecule has 0 amide bonds. The number of rotatable bonds is 9. The fraction of sp³-hybridized carbons (Fsp3) is 0.667. The standard InChI is InChI=1S/C18H31NO/c1-5-8-16(9-7-10-19)17-12-15(4)18(13-14(17)3)20-11-6-2/h12-13,16H,5-11,19H2,1-4H3. The molecule has 0 aromatic heterocycles. The zero-order chi connectivity index (χ0) is 15.0. The van der Waals surface area contributed by atoms with Gasteiger partial charge >= 0.3 is 0 Å². The maximum Gasteiger partial charge on any atom is 0.122 e. The molecule has 0 bridgehead atoms. The molecular formula is C18H31NO. The number of aryl methyl sites for hydroxylation is 2. The molecule has 1 unspecified atom stereocenters. The predicted octanol–water partition coefficient (Wildman–Crippen LogP) is 4.71. The van der Waals surface area contributed by atoms with Crippen molar-refractivity contribution in [3.05, 3.63) is 28.8 Å². The first-order valence-corrected chi connectivity index (χ1v) is 8.08. The van der Waals surface area contributed by atoms with Crippen molar-refractivity contribution in [1.29, 1.82) is 0 Å². The van der Waals surface area contributed by atoms with Gasteiger partial charge in [-0.15, -0.1) is 0 Å². The quantitative estimate of drug-likeness (QED) is 0.709. The summed E-state index contributed by atoms with van der Waals surface area (Å²) in [4.78, 5) is 0. The Kier molecular flexibility index (Phi) is 7.68. The molecule has 1 atom stereocenters. The minimum atomic E-state index is 0.641. The SMILES string of the molecule is CCCOc1cc(C)c(C(CCC)CCCN)cc1C.